The number of hydrogen-bond acceptors (Lipinski definition) is 3. The molecule has 3 N–H and O–H groups in total. The number of carbonyl (C=O) groups is 1. The van der Waals surface area contributed by atoms with Crippen molar-refractivity contribution in [2.75, 3.05) is 0 Å². The van der Waals surface area contributed by atoms with E-state index in [1.807, 2.05) is 24.3 Å². The molecule has 1 heterocycles. The summed E-state index contributed by atoms with van der Waals surface area (Å²) in [7, 11) is 0. The van der Waals surface area contributed by atoms with Gasteiger partial charge in [0, 0.05) is 5.39 Å². The molecule has 14 heavy (non-hydrogen) atoms. The number of nitrogens with one attached hydrogen (secondary N) is 2. The molecule has 0 radical (unpaired) electrons. The van der Waals surface area contributed by atoms with Crippen LogP contribution in [0.15, 0.2) is 24.3 Å². The third-order valence-electron chi connectivity index (χ3n) is 2.00. The van der Waals surface area contributed by atoms with Crippen LogP contribution in [0, 0.1) is 0 Å². The molecular weight excluding hydrogens is 182 g/mol. The molecule has 0 saturated carbocycles. The average molecular weight is 191 g/mol. The summed E-state index contributed by atoms with van der Waals surface area (Å²) in [6.45, 7) is 0. The minimum Gasteiger partial charge on any atom is -0.289 e. The lowest BCUT2D eigenvalue weighted by atomic mass is 10.2. The first kappa shape index (κ1) is 8.71. The van der Waals surface area contributed by atoms with Crippen molar-refractivity contribution >= 4 is 16.8 Å². The van der Waals surface area contributed by atoms with Gasteiger partial charge in [-0.25, -0.2) is 5.48 Å². The van der Waals surface area contributed by atoms with Crippen molar-refractivity contribution in [3.63, 3.8) is 0 Å². The molecule has 1 amide bonds. The maximum Gasteiger partial charge on any atom is 0.249 e. The van der Waals surface area contributed by atoms with Gasteiger partial charge in [0.15, 0.2) is 0 Å². The second kappa shape index (κ2) is 3.47. The first-order valence-electron chi connectivity index (χ1n) is 4.16. The Balaban J connectivity index is 2.38. The van der Waals surface area contributed by atoms with Crippen molar-refractivity contribution < 1.29 is 10.0 Å². The Hall–Kier alpha value is -1.88. The third kappa shape index (κ3) is 1.45. The second-order valence-corrected chi connectivity index (χ2v) is 2.93. The summed E-state index contributed by atoms with van der Waals surface area (Å²) < 4.78 is 0. The summed E-state index contributed by atoms with van der Waals surface area (Å²) in [5, 5.41) is 16.0. The zero-order valence-electron chi connectivity index (χ0n) is 7.32. The van der Waals surface area contributed by atoms with Gasteiger partial charge in [-0.2, -0.15) is 5.10 Å². The molecule has 5 heteroatoms. The zero-order chi connectivity index (χ0) is 9.97. The van der Waals surface area contributed by atoms with Crippen LogP contribution in [0.2, 0.25) is 0 Å². The van der Waals surface area contributed by atoms with Crippen molar-refractivity contribution in [3.05, 3.63) is 30.0 Å². The molecule has 5 nitrogen and oxygen atoms in total. The highest BCUT2D eigenvalue weighted by atomic mass is 16.5. The Morgan fingerprint density at radius 2 is 2.29 bits per heavy atom. The fraction of sp³-hybridized carbons (Fsp3) is 0.111. The summed E-state index contributed by atoms with van der Waals surface area (Å²) >= 11 is 0. The summed E-state index contributed by atoms with van der Waals surface area (Å²) in [6, 6.07) is 7.47. The lowest BCUT2D eigenvalue weighted by molar-refractivity contribution is -0.128. The van der Waals surface area contributed by atoms with Crippen LogP contribution in [0.25, 0.3) is 10.9 Å². The van der Waals surface area contributed by atoms with Gasteiger partial charge >= 0.3 is 0 Å². The number of aromatic nitrogens is 2. The van der Waals surface area contributed by atoms with E-state index in [1.54, 1.807) is 5.48 Å². The highest BCUT2D eigenvalue weighted by Crippen LogP contribution is 2.14. The first-order chi connectivity index (χ1) is 6.81. The Kier molecular flexibility index (Phi) is 2.16. The summed E-state index contributed by atoms with van der Waals surface area (Å²) in [4.78, 5) is 10.9. The van der Waals surface area contributed by atoms with Crippen molar-refractivity contribution in [2.45, 2.75) is 6.42 Å². The number of para-hydroxylation sites is 1. The van der Waals surface area contributed by atoms with Crippen LogP contribution in [0.4, 0.5) is 0 Å². The van der Waals surface area contributed by atoms with Gasteiger partial charge in [-0.05, 0) is 6.07 Å². The van der Waals surface area contributed by atoms with Gasteiger partial charge in [-0.3, -0.25) is 15.1 Å². The first-order valence-corrected chi connectivity index (χ1v) is 4.16. The van der Waals surface area contributed by atoms with Crippen LogP contribution < -0.4 is 5.48 Å². The quantitative estimate of drug-likeness (QED) is 0.480. The molecule has 72 valence electrons. The molecule has 0 spiro atoms. The van der Waals surface area contributed by atoms with E-state index in [1.165, 1.54) is 0 Å². The number of carbonyl (C=O) groups excluding carboxylic acids is 1. The smallest absolute Gasteiger partial charge is 0.249 e. The Bertz CT molecular complexity index is 464. The standard InChI is InChI=1S/C9H9N3O2/c13-9(12-14)5-8-6-3-1-2-4-7(6)10-11-8/h1-4,14H,5H2,(H,10,11)(H,12,13). The fourth-order valence-electron chi connectivity index (χ4n) is 1.35. The van der Waals surface area contributed by atoms with Crippen LogP contribution in [0.3, 0.4) is 0 Å². The highest BCUT2D eigenvalue weighted by molar-refractivity contribution is 5.86. The van der Waals surface area contributed by atoms with E-state index in [0.29, 0.717) is 5.69 Å². The Morgan fingerprint density at radius 3 is 3.07 bits per heavy atom. The molecule has 0 bridgehead atoms. The molecule has 0 saturated heterocycles. The number of fused-ring (bicyclic) bond motifs is 1. The predicted octanol–water partition coefficient (Wildman–Crippen LogP) is 0.611. The summed E-state index contributed by atoms with van der Waals surface area (Å²) in [5.74, 6) is -0.459. The van der Waals surface area contributed by atoms with Crippen LogP contribution >= 0.6 is 0 Å². The lowest BCUT2D eigenvalue weighted by Gasteiger charge is -1.95. The molecule has 0 aliphatic rings. The van der Waals surface area contributed by atoms with Gasteiger partial charge in [-0.1, -0.05) is 18.2 Å². The van der Waals surface area contributed by atoms with Gasteiger partial charge in [0.2, 0.25) is 5.91 Å². The largest absolute Gasteiger partial charge is 0.289 e. The number of H-pyrrole nitrogens is 1. The van der Waals surface area contributed by atoms with E-state index in [-0.39, 0.29) is 6.42 Å². The van der Waals surface area contributed by atoms with Crippen LogP contribution in [0.5, 0.6) is 0 Å². The highest BCUT2D eigenvalue weighted by Gasteiger charge is 2.08. The Morgan fingerprint density at radius 1 is 1.50 bits per heavy atom. The van der Waals surface area contributed by atoms with Crippen molar-refractivity contribution in [1.82, 2.24) is 15.7 Å². The predicted molar refractivity (Wildman–Crippen MR) is 49.7 cm³/mol. The SMILES string of the molecule is O=C(Cc1[nH]nc2ccccc12)NO. The minimum atomic E-state index is -0.459. The van der Waals surface area contributed by atoms with E-state index >= 15 is 0 Å². The molecule has 1 aromatic heterocycles. The van der Waals surface area contributed by atoms with Gasteiger partial charge < -0.3 is 0 Å². The van der Waals surface area contributed by atoms with E-state index in [9.17, 15) is 4.79 Å². The van der Waals surface area contributed by atoms with Gasteiger partial charge in [0.25, 0.3) is 0 Å². The molecular formula is C9H9N3O2. The number of amides is 1. The molecule has 0 fully saturated rings. The summed E-state index contributed by atoms with van der Waals surface area (Å²) in [5.41, 5.74) is 3.10. The third-order valence-corrected chi connectivity index (χ3v) is 2.00. The number of benzene rings is 1. The lowest BCUT2D eigenvalue weighted by Crippen LogP contribution is -2.20. The zero-order valence-corrected chi connectivity index (χ0v) is 7.32. The number of hydroxylamine groups is 1. The second-order valence-electron chi connectivity index (χ2n) is 2.93. The van der Waals surface area contributed by atoms with Crippen molar-refractivity contribution in [3.8, 4) is 0 Å². The van der Waals surface area contributed by atoms with Crippen molar-refractivity contribution in [1.29, 1.82) is 0 Å². The fourth-order valence-corrected chi connectivity index (χ4v) is 1.35. The average Bonchev–Trinajstić information content (AvgIpc) is 2.62. The van der Waals surface area contributed by atoms with E-state index in [2.05, 4.69) is 10.2 Å². The van der Waals surface area contributed by atoms with Gasteiger partial charge in [-0.15, -0.1) is 0 Å². The topological polar surface area (TPSA) is 78.0 Å². The van der Waals surface area contributed by atoms with Crippen LogP contribution in [-0.4, -0.2) is 21.3 Å². The van der Waals surface area contributed by atoms with E-state index < -0.39 is 5.91 Å². The number of hydrogen-bond donors (Lipinski definition) is 3. The van der Waals surface area contributed by atoms with Gasteiger partial charge in [0.05, 0.1) is 17.6 Å². The molecule has 2 rings (SSSR count). The van der Waals surface area contributed by atoms with E-state index in [4.69, 9.17) is 5.21 Å². The molecule has 2 aromatic rings. The summed E-state index contributed by atoms with van der Waals surface area (Å²) in [6.07, 6.45) is 0.0943. The molecule has 0 aliphatic heterocycles. The maximum atomic E-state index is 10.9. The number of aromatic amines is 1. The van der Waals surface area contributed by atoms with E-state index in [0.717, 1.165) is 10.9 Å². The van der Waals surface area contributed by atoms with Crippen molar-refractivity contribution in [2.24, 2.45) is 0 Å². The van der Waals surface area contributed by atoms with Gasteiger partial charge in [0.1, 0.15) is 0 Å². The van der Waals surface area contributed by atoms with Crippen LogP contribution in [0.1, 0.15) is 5.69 Å². The maximum absolute atomic E-state index is 10.9. The number of nitrogens with zero attached hydrogens (tertiary/aromatic N) is 1. The monoisotopic (exact) mass is 191 g/mol. The molecule has 0 unspecified atom stereocenters. The van der Waals surface area contributed by atoms with Crippen LogP contribution in [-0.2, 0) is 11.2 Å². The molecule has 0 aliphatic carbocycles. The number of rotatable bonds is 2. The normalized spacial score (nSPS) is 10.4. The molecule has 1 aromatic carbocycles. The Labute approximate surface area is 79.7 Å². The minimum absolute atomic E-state index is 0.0943. The molecule has 0 atom stereocenters.